The molecule has 22 heavy (non-hydrogen) atoms. The largest absolute Gasteiger partial charge is 0.352 e. The molecule has 1 heterocycles. The van der Waals surface area contributed by atoms with Crippen molar-refractivity contribution < 1.29 is 4.79 Å². The average molecular weight is 296 g/mol. The van der Waals surface area contributed by atoms with E-state index in [0.717, 1.165) is 17.8 Å². The van der Waals surface area contributed by atoms with Crippen LogP contribution >= 0.6 is 0 Å². The Kier molecular flexibility index (Phi) is 4.96. The maximum atomic E-state index is 12.1. The number of nitrogens with one attached hydrogen (secondary N) is 1. The van der Waals surface area contributed by atoms with Crippen molar-refractivity contribution in [3.05, 3.63) is 65.0 Å². The lowest BCUT2D eigenvalue weighted by Crippen LogP contribution is -2.26. The molecule has 1 amide bonds. The second kappa shape index (κ2) is 6.73. The highest BCUT2D eigenvalue weighted by Gasteiger charge is 2.14. The van der Waals surface area contributed by atoms with Crippen molar-refractivity contribution in [1.29, 1.82) is 0 Å². The smallest absolute Gasteiger partial charge is 0.251 e. The van der Waals surface area contributed by atoms with Crippen LogP contribution in [0.5, 0.6) is 0 Å². The number of rotatable bonds is 4. The summed E-state index contributed by atoms with van der Waals surface area (Å²) in [6.45, 7) is 9.06. The molecule has 0 radical (unpaired) electrons. The first-order valence-corrected chi connectivity index (χ1v) is 7.67. The number of amides is 1. The van der Waals surface area contributed by atoms with Gasteiger partial charge in [-0.15, -0.1) is 0 Å². The van der Waals surface area contributed by atoms with E-state index in [1.54, 1.807) is 0 Å². The van der Waals surface area contributed by atoms with Gasteiger partial charge >= 0.3 is 0 Å². The SMILES string of the molecule is Cc1cccc(CCNC(=O)c2ccc(C(C)(C)C)cc2)n1. The van der Waals surface area contributed by atoms with Crippen molar-refractivity contribution >= 4 is 5.91 Å². The fourth-order valence-corrected chi connectivity index (χ4v) is 2.27. The fraction of sp³-hybridized carbons (Fsp3) is 0.368. The lowest BCUT2D eigenvalue weighted by Gasteiger charge is -2.19. The van der Waals surface area contributed by atoms with Gasteiger partial charge in [0.15, 0.2) is 0 Å². The molecule has 0 fully saturated rings. The molecular weight excluding hydrogens is 272 g/mol. The maximum Gasteiger partial charge on any atom is 0.251 e. The molecule has 116 valence electrons. The summed E-state index contributed by atoms with van der Waals surface area (Å²) in [6.07, 6.45) is 0.744. The van der Waals surface area contributed by atoms with Gasteiger partial charge < -0.3 is 5.32 Å². The Labute approximate surface area is 132 Å². The van der Waals surface area contributed by atoms with Crippen LogP contribution in [0.25, 0.3) is 0 Å². The van der Waals surface area contributed by atoms with E-state index in [0.29, 0.717) is 12.1 Å². The molecule has 1 aromatic carbocycles. The van der Waals surface area contributed by atoms with Crippen LogP contribution in [0.15, 0.2) is 42.5 Å². The number of benzene rings is 1. The second-order valence-corrected chi connectivity index (χ2v) is 6.60. The third-order valence-corrected chi connectivity index (χ3v) is 3.63. The Balaban J connectivity index is 1.90. The van der Waals surface area contributed by atoms with Crippen molar-refractivity contribution in [2.45, 2.75) is 39.5 Å². The minimum absolute atomic E-state index is 0.0342. The molecule has 1 N–H and O–H groups in total. The molecule has 3 heteroatoms. The molecule has 0 bridgehead atoms. The summed E-state index contributed by atoms with van der Waals surface area (Å²) >= 11 is 0. The van der Waals surface area contributed by atoms with Crippen LogP contribution in [-0.2, 0) is 11.8 Å². The van der Waals surface area contributed by atoms with E-state index in [1.165, 1.54) is 5.56 Å². The zero-order valence-electron chi connectivity index (χ0n) is 13.8. The van der Waals surface area contributed by atoms with Crippen molar-refractivity contribution in [3.8, 4) is 0 Å². The molecule has 2 aromatic rings. The van der Waals surface area contributed by atoms with Gasteiger partial charge in [0.05, 0.1) is 0 Å². The summed E-state index contributed by atoms with van der Waals surface area (Å²) in [5.74, 6) is -0.0342. The van der Waals surface area contributed by atoms with E-state index in [2.05, 4.69) is 31.1 Å². The summed E-state index contributed by atoms with van der Waals surface area (Å²) in [5.41, 5.74) is 4.04. The summed E-state index contributed by atoms with van der Waals surface area (Å²) in [4.78, 5) is 16.6. The Bertz CT molecular complexity index is 639. The zero-order chi connectivity index (χ0) is 16.2. The Morgan fingerprint density at radius 1 is 1.09 bits per heavy atom. The number of aromatic nitrogens is 1. The zero-order valence-corrected chi connectivity index (χ0v) is 13.8. The summed E-state index contributed by atoms with van der Waals surface area (Å²) in [6, 6.07) is 13.8. The molecule has 0 aliphatic heterocycles. The summed E-state index contributed by atoms with van der Waals surface area (Å²) in [5, 5.41) is 2.95. The van der Waals surface area contributed by atoms with E-state index >= 15 is 0 Å². The van der Waals surface area contributed by atoms with Crippen LogP contribution in [0.4, 0.5) is 0 Å². The van der Waals surface area contributed by atoms with E-state index in [1.807, 2.05) is 49.4 Å². The fourth-order valence-electron chi connectivity index (χ4n) is 2.27. The molecule has 0 aliphatic carbocycles. The van der Waals surface area contributed by atoms with Gasteiger partial charge in [0.1, 0.15) is 0 Å². The Hall–Kier alpha value is -2.16. The molecule has 1 aromatic heterocycles. The van der Waals surface area contributed by atoms with Crippen LogP contribution in [0, 0.1) is 6.92 Å². The highest BCUT2D eigenvalue weighted by Crippen LogP contribution is 2.22. The molecule has 0 unspecified atom stereocenters. The number of aryl methyl sites for hydroxylation is 1. The standard InChI is InChI=1S/C19H24N2O/c1-14-6-5-7-17(21-14)12-13-20-18(22)15-8-10-16(11-9-15)19(2,3)4/h5-11H,12-13H2,1-4H3,(H,20,22). The normalized spacial score (nSPS) is 11.3. The lowest BCUT2D eigenvalue weighted by atomic mass is 9.87. The van der Waals surface area contributed by atoms with Gasteiger partial charge in [-0.2, -0.15) is 0 Å². The number of pyridine rings is 1. The minimum atomic E-state index is -0.0342. The number of carbonyl (C=O) groups is 1. The maximum absolute atomic E-state index is 12.1. The first-order valence-electron chi connectivity index (χ1n) is 7.67. The van der Waals surface area contributed by atoms with E-state index < -0.39 is 0 Å². The van der Waals surface area contributed by atoms with Crippen LogP contribution in [0.2, 0.25) is 0 Å². The molecule has 0 saturated carbocycles. The van der Waals surface area contributed by atoms with Gasteiger partial charge in [-0.25, -0.2) is 0 Å². The lowest BCUT2D eigenvalue weighted by molar-refractivity contribution is 0.0954. The molecule has 3 nitrogen and oxygen atoms in total. The molecule has 0 aliphatic rings. The number of nitrogens with zero attached hydrogens (tertiary/aromatic N) is 1. The third-order valence-electron chi connectivity index (χ3n) is 3.63. The van der Waals surface area contributed by atoms with Crippen molar-refractivity contribution in [2.24, 2.45) is 0 Å². The van der Waals surface area contributed by atoms with E-state index in [4.69, 9.17) is 0 Å². The first-order chi connectivity index (χ1) is 10.4. The molecule has 0 atom stereocenters. The van der Waals surface area contributed by atoms with Gasteiger partial charge in [-0.05, 0) is 42.2 Å². The highest BCUT2D eigenvalue weighted by molar-refractivity contribution is 5.94. The third kappa shape index (κ3) is 4.42. The van der Waals surface area contributed by atoms with Crippen LogP contribution < -0.4 is 5.32 Å². The quantitative estimate of drug-likeness (QED) is 0.935. The van der Waals surface area contributed by atoms with Crippen molar-refractivity contribution in [2.75, 3.05) is 6.54 Å². The minimum Gasteiger partial charge on any atom is -0.352 e. The molecular formula is C19H24N2O. The monoisotopic (exact) mass is 296 g/mol. The average Bonchev–Trinajstić information content (AvgIpc) is 2.46. The van der Waals surface area contributed by atoms with Gasteiger partial charge in [-0.3, -0.25) is 9.78 Å². The first kappa shape index (κ1) is 16.2. The number of hydrogen-bond donors (Lipinski definition) is 1. The summed E-state index contributed by atoms with van der Waals surface area (Å²) < 4.78 is 0. The Morgan fingerprint density at radius 2 is 1.77 bits per heavy atom. The predicted octanol–water partition coefficient (Wildman–Crippen LogP) is 3.66. The van der Waals surface area contributed by atoms with Crippen LogP contribution in [0.1, 0.15) is 48.1 Å². The number of hydrogen-bond acceptors (Lipinski definition) is 2. The Morgan fingerprint density at radius 3 is 2.36 bits per heavy atom. The van der Waals surface area contributed by atoms with Crippen molar-refractivity contribution in [3.63, 3.8) is 0 Å². The molecule has 0 saturated heterocycles. The second-order valence-electron chi connectivity index (χ2n) is 6.60. The molecule has 2 rings (SSSR count). The van der Waals surface area contributed by atoms with Gasteiger partial charge in [-0.1, -0.05) is 39.0 Å². The van der Waals surface area contributed by atoms with Gasteiger partial charge in [0, 0.05) is 29.9 Å². The predicted molar refractivity (Wildman–Crippen MR) is 90.2 cm³/mol. The van der Waals surface area contributed by atoms with E-state index in [-0.39, 0.29) is 11.3 Å². The molecule has 0 spiro atoms. The van der Waals surface area contributed by atoms with E-state index in [9.17, 15) is 4.79 Å². The van der Waals surface area contributed by atoms with Crippen LogP contribution in [-0.4, -0.2) is 17.4 Å². The van der Waals surface area contributed by atoms with Crippen LogP contribution in [0.3, 0.4) is 0 Å². The number of carbonyl (C=O) groups excluding carboxylic acids is 1. The highest BCUT2D eigenvalue weighted by atomic mass is 16.1. The van der Waals surface area contributed by atoms with Crippen molar-refractivity contribution in [1.82, 2.24) is 10.3 Å². The van der Waals surface area contributed by atoms with Gasteiger partial charge in [0.25, 0.3) is 5.91 Å². The topological polar surface area (TPSA) is 42.0 Å². The van der Waals surface area contributed by atoms with Gasteiger partial charge in [0.2, 0.25) is 0 Å². The summed E-state index contributed by atoms with van der Waals surface area (Å²) in [7, 11) is 0.